The Kier molecular flexibility index (Phi) is 7.10. The lowest BCUT2D eigenvalue weighted by molar-refractivity contribution is -0.117. The van der Waals surface area contributed by atoms with Gasteiger partial charge in [-0.05, 0) is 61.6 Å². The monoisotopic (exact) mass is 480 g/mol. The first-order chi connectivity index (χ1) is 16.5. The van der Waals surface area contributed by atoms with Crippen LogP contribution in [0.5, 0.6) is 5.75 Å². The Morgan fingerprint density at radius 2 is 1.91 bits per heavy atom. The third-order valence-corrected chi connectivity index (χ3v) is 7.54. The number of thiazole rings is 1. The molecule has 0 spiro atoms. The summed E-state index contributed by atoms with van der Waals surface area (Å²) in [4.78, 5) is 21.4. The quantitative estimate of drug-likeness (QED) is 0.516. The first-order valence-electron chi connectivity index (χ1n) is 12.1. The van der Waals surface area contributed by atoms with Crippen molar-refractivity contribution in [3.8, 4) is 5.75 Å². The van der Waals surface area contributed by atoms with Crippen LogP contribution >= 0.6 is 11.3 Å². The first-order valence-corrected chi connectivity index (χ1v) is 12.9. The van der Waals surface area contributed by atoms with Gasteiger partial charge in [0.15, 0.2) is 0 Å². The molecular formula is C26H32N4O3S. The highest BCUT2D eigenvalue weighted by Gasteiger charge is 2.21. The van der Waals surface area contributed by atoms with E-state index in [1.165, 1.54) is 17.5 Å². The average molecular weight is 481 g/mol. The normalized spacial score (nSPS) is 17.6. The number of nitrogens with zero attached hydrogens (tertiary/aromatic N) is 3. The molecule has 0 bridgehead atoms. The van der Waals surface area contributed by atoms with Crippen molar-refractivity contribution in [2.24, 2.45) is 0 Å². The van der Waals surface area contributed by atoms with Crippen molar-refractivity contribution < 1.29 is 14.6 Å². The third kappa shape index (κ3) is 5.75. The number of fused-ring (bicyclic) bond motifs is 2. The molecule has 2 heterocycles. The summed E-state index contributed by atoms with van der Waals surface area (Å²) in [5.41, 5.74) is 4.62. The van der Waals surface area contributed by atoms with Crippen LogP contribution in [-0.4, -0.2) is 77.8 Å². The minimum Gasteiger partial charge on any atom is -0.491 e. The van der Waals surface area contributed by atoms with E-state index in [4.69, 9.17) is 4.74 Å². The van der Waals surface area contributed by atoms with Gasteiger partial charge in [0.2, 0.25) is 5.91 Å². The Bertz CT molecular complexity index is 1160. The zero-order valence-electron chi connectivity index (χ0n) is 19.6. The third-order valence-electron chi connectivity index (χ3n) is 6.59. The van der Waals surface area contributed by atoms with E-state index in [1.807, 2.05) is 31.2 Å². The van der Waals surface area contributed by atoms with Gasteiger partial charge in [-0.15, -0.1) is 11.3 Å². The Balaban J connectivity index is 1.02. The molecule has 7 nitrogen and oxygen atoms in total. The second-order valence-electron chi connectivity index (χ2n) is 9.29. The number of carbonyl (C=O) groups is 1. The van der Waals surface area contributed by atoms with Crippen molar-refractivity contribution in [2.75, 3.05) is 51.2 Å². The van der Waals surface area contributed by atoms with Gasteiger partial charge in [0.05, 0.1) is 21.8 Å². The number of aliphatic hydroxyl groups excluding tert-OH is 1. The lowest BCUT2D eigenvalue weighted by Gasteiger charge is -2.35. The zero-order valence-corrected chi connectivity index (χ0v) is 20.4. The summed E-state index contributed by atoms with van der Waals surface area (Å²) in [5, 5.41) is 14.6. The molecule has 5 rings (SSSR count). The van der Waals surface area contributed by atoms with Gasteiger partial charge in [-0.2, -0.15) is 0 Å². The second-order valence-corrected chi connectivity index (χ2v) is 10.5. The van der Waals surface area contributed by atoms with E-state index in [0.29, 0.717) is 13.1 Å². The molecule has 1 saturated heterocycles. The summed E-state index contributed by atoms with van der Waals surface area (Å²) in [7, 11) is 0. The number of rotatable bonds is 8. The van der Waals surface area contributed by atoms with Gasteiger partial charge in [0.25, 0.3) is 0 Å². The topological polar surface area (TPSA) is 77.9 Å². The molecule has 34 heavy (non-hydrogen) atoms. The molecule has 3 aromatic rings. The number of aliphatic hydroxyl groups is 1. The molecule has 0 radical (unpaired) electrons. The van der Waals surface area contributed by atoms with E-state index in [0.717, 1.165) is 65.7 Å². The Morgan fingerprint density at radius 3 is 2.76 bits per heavy atom. The van der Waals surface area contributed by atoms with Crippen LogP contribution in [0.2, 0.25) is 0 Å². The fraction of sp³-hybridized carbons (Fsp3) is 0.462. The molecule has 0 unspecified atom stereocenters. The molecule has 2 aromatic carbocycles. The lowest BCUT2D eigenvalue weighted by Crippen LogP contribution is -2.50. The van der Waals surface area contributed by atoms with E-state index < -0.39 is 6.10 Å². The number of carbonyl (C=O) groups excluding carboxylic acids is 1. The van der Waals surface area contributed by atoms with E-state index in [2.05, 4.69) is 32.2 Å². The van der Waals surface area contributed by atoms with Crippen molar-refractivity contribution >= 4 is 33.1 Å². The van der Waals surface area contributed by atoms with Gasteiger partial charge >= 0.3 is 0 Å². The smallest absolute Gasteiger partial charge is 0.238 e. The number of benzene rings is 2. The van der Waals surface area contributed by atoms with Gasteiger partial charge in [-0.3, -0.25) is 14.6 Å². The summed E-state index contributed by atoms with van der Waals surface area (Å²) in [6.07, 6.45) is 2.90. The van der Waals surface area contributed by atoms with Crippen LogP contribution in [-0.2, 0) is 17.6 Å². The predicted octanol–water partition coefficient (Wildman–Crippen LogP) is 3.09. The maximum absolute atomic E-state index is 12.5. The highest BCUT2D eigenvalue weighted by Crippen LogP contribution is 2.26. The molecule has 2 aliphatic rings. The number of aromatic nitrogens is 1. The van der Waals surface area contributed by atoms with Crippen molar-refractivity contribution in [1.82, 2.24) is 14.8 Å². The number of anilines is 1. The number of ether oxygens (including phenoxy) is 1. The maximum Gasteiger partial charge on any atom is 0.238 e. The molecule has 1 aromatic heterocycles. The molecule has 1 aliphatic heterocycles. The molecular weight excluding hydrogens is 448 g/mol. The molecule has 1 amide bonds. The van der Waals surface area contributed by atoms with Crippen molar-refractivity contribution in [2.45, 2.75) is 32.3 Å². The van der Waals surface area contributed by atoms with Crippen LogP contribution in [0.15, 0.2) is 36.4 Å². The lowest BCUT2D eigenvalue weighted by atomic mass is 10.1. The van der Waals surface area contributed by atoms with Gasteiger partial charge < -0.3 is 15.2 Å². The summed E-state index contributed by atoms with van der Waals surface area (Å²) < 4.78 is 6.95. The van der Waals surface area contributed by atoms with Crippen LogP contribution in [0.3, 0.4) is 0 Å². The van der Waals surface area contributed by atoms with Crippen LogP contribution < -0.4 is 10.1 Å². The predicted molar refractivity (Wildman–Crippen MR) is 136 cm³/mol. The largest absolute Gasteiger partial charge is 0.491 e. The number of piperazine rings is 1. The van der Waals surface area contributed by atoms with Crippen molar-refractivity contribution in [3.63, 3.8) is 0 Å². The van der Waals surface area contributed by atoms with Crippen LogP contribution in [0.25, 0.3) is 10.2 Å². The number of β-amino-alcohol motifs (C(OH)–C–C–N with tert-alkyl or cyclic N) is 1. The summed E-state index contributed by atoms with van der Waals surface area (Å²) in [6, 6.07) is 12.2. The highest BCUT2D eigenvalue weighted by molar-refractivity contribution is 7.18. The van der Waals surface area contributed by atoms with Gasteiger partial charge in [0, 0.05) is 44.5 Å². The fourth-order valence-electron chi connectivity index (χ4n) is 4.84. The zero-order chi connectivity index (χ0) is 23.5. The number of hydrogen-bond acceptors (Lipinski definition) is 7. The molecule has 1 fully saturated rings. The highest BCUT2D eigenvalue weighted by atomic mass is 32.1. The Hall–Kier alpha value is -2.52. The Labute approximate surface area is 204 Å². The SMILES string of the molecule is Cc1nc2cc(OC[C@H](O)CN3CCN(CC(=O)Nc4ccc5c(c4)CCC5)CC3)ccc2s1. The Morgan fingerprint density at radius 1 is 1.12 bits per heavy atom. The molecule has 1 aliphatic carbocycles. The molecule has 8 heteroatoms. The molecule has 2 N–H and O–H groups in total. The fourth-order valence-corrected chi connectivity index (χ4v) is 5.65. The van der Waals surface area contributed by atoms with Crippen molar-refractivity contribution in [3.05, 3.63) is 52.5 Å². The van der Waals surface area contributed by atoms with Crippen LogP contribution in [0.4, 0.5) is 5.69 Å². The van der Waals surface area contributed by atoms with E-state index >= 15 is 0 Å². The van der Waals surface area contributed by atoms with E-state index in [1.54, 1.807) is 11.3 Å². The molecule has 180 valence electrons. The van der Waals surface area contributed by atoms with E-state index in [9.17, 15) is 9.90 Å². The van der Waals surface area contributed by atoms with Gasteiger partial charge in [-0.1, -0.05) is 6.07 Å². The minimum atomic E-state index is -0.567. The average Bonchev–Trinajstić information content (AvgIpc) is 3.43. The number of hydrogen-bond donors (Lipinski definition) is 2. The van der Waals surface area contributed by atoms with Crippen molar-refractivity contribution in [1.29, 1.82) is 0 Å². The summed E-state index contributed by atoms with van der Waals surface area (Å²) >= 11 is 1.66. The first kappa shape index (κ1) is 23.2. The number of aryl methyl sites for hydroxylation is 3. The summed E-state index contributed by atoms with van der Waals surface area (Å²) in [6.45, 7) is 6.48. The summed E-state index contributed by atoms with van der Waals surface area (Å²) in [5.74, 6) is 0.767. The second kappa shape index (κ2) is 10.4. The maximum atomic E-state index is 12.5. The molecule has 0 saturated carbocycles. The standard InChI is InChI=1S/C26H32N4O3S/c1-18-27-24-14-23(7-8-25(24)34-18)33-17-22(31)15-29-9-11-30(12-10-29)16-26(32)28-21-6-5-19-3-2-4-20(19)13-21/h5-8,13-14,22,31H,2-4,9-12,15-17H2,1H3,(H,28,32)/t22-/m1/s1. The van der Waals surface area contributed by atoms with Crippen LogP contribution in [0.1, 0.15) is 22.6 Å². The number of amides is 1. The minimum absolute atomic E-state index is 0.0344. The van der Waals surface area contributed by atoms with Crippen LogP contribution in [0, 0.1) is 6.92 Å². The molecule has 1 atom stereocenters. The number of nitrogens with one attached hydrogen (secondary N) is 1. The van der Waals surface area contributed by atoms with Gasteiger partial charge in [-0.25, -0.2) is 4.98 Å². The van der Waals surface area contributed by atoms with E-state index in [-0.39, 0.29) is 12.5 Å². The van der Waals surface area contributed by atoms with Gasteiger partial charge in [0.1, 0.15) is 18.5 Å².